The number of H-pyrrole nitrogens is 1. The summed E-state index contributed by atoms with van der Waals surface area (Å²) in [6.45, 7) is 5.40. The van der Waals surface area contributed by atoms with Crippen LogP contribution in [-0.2, 0) is 0 Å². The first kappa shape index (κ1) is 6.74. The monoisotopic (exact) mass is 136 g/mol. The Morgan fingerprint density at radius 2 is 2.50 bits per heavy atom. The highest BCUT2D eigenvalue weighted by Crippen LogP contribution is 1.98. The third-order valence-electron chi connectivity index (χ3n) is 1.25. The van der Waals surface area contributed by atoms with Gasteiger partial charge in [-0.25, -0.2) is 9.78 Å². The van der Waals surface area contributed by atoms with Crippen LogP contribution in [0.4, 0.5) is 0 Å². The fourth-order valence-electron chi connectivity index (χ4n) is 0.683. The van der Waals surface area contributed by atoms with Crippen LogP contribution in [0.15, 0.2) is 17.6 Å². The fourth-order valence-corrected chi connectivity index (χ4v) is 0.683. The topological polar surface area (TPSA) is 45.8 Å². The summed E-state index contributed by atoms with van der Waals surface area (Å²) in [5, 5.41) is 0. The normalized spacial score (nSPS) is 9.30. The number of aromatic amines is 1. The molecule has 52 valence electrons. The Morgan fingerprint density at radius 3 is 3.00 bits per heavy atom. The van der Waals surface area contributed by atoms with Crippen molar-refractivity contribution < 1.29 is 0 Å². The number of hydrogen-bond acceptors (Lipinski definition) is 2. The molecule has 0 spiro atoms. The van der Waals surface area contributed by atoms with Gasteiger partial charge in [-0.1, -0.05) is 6.58 Å². The molecule has 0 amide bonds. The molecule has 0 bridgehead atoms. The molecule has 10 heavy (non-hydrogen) atoms. The number of nitrogens with one attached hydrogen (secondary N) is 1. The SMILES string of the molecule is C=Cc1[nH]c(=O)ncc1C. The van der Waals surface area contributed by atoms with Gasteiger partial charge in [0.15, 0.2) is 0 Å². The van der Waals surface area contributed by atoms with Crippen LogP contribution in [-0.4, -0.2) is 9.97 Å². The van der Waals surface area contributed by atoms with Gasteiger partial charge >= 0.3 is 5.69 Å². The van der Waals surface area contributed by atoms with Crippen molar-refractivity contribution >= 4 is 6.08 Å². The zero-order chi connectivity index (χ0) is 7.56. The summed E-state index contributed by atoms with van der Waals surface area (Å²) >= 11 is 0. The molecule has 0 atom stereocenters. The minimum absolute atomic E-state index is 0.333. The highest BCUT2D eigenvalue weighted by atomic mass is 16.1. The van der Waals surface area contributed by atoms with E-state index in [4.69, 9.17) is 0 Å². The number of nitrogens with zero attached hydrogens (tertiary/aromatic N) is 1. The molecule has 1 aromatic rings. The van der Waals surface area contributed by atoms with Gasteiger partial charge in [-0.05, 0) is 18.6 Å². The lowest BCUT2D eigenvalue weighted by atomic mass is 10.2. The van der Waals surface area contributed by atoms with E-state index in [1.807, 2.05) is 6.92 Å². The molecule has 0 unspecified atom stereocenters. The predicted molar refractivity (Wildman–Crippen MR) is 39.7 cm³/mol. The molecule has 0 fully saturated rings. The maximum atomic E-state index is 10.6. The lowest BCUT2D eigenvalue weighted by Crippen LogP contribution is -2.11. The second kappa shape index (κ2) is 2.47. The number of hydrogen-bond donors (Lipinski definition) is 1. The maximum Gasteiger partial charge on any atom is 0.345 e. The highest BCUT2D eigenvalue weighted by molar-refractivity contribution is 5.44. The summed E-state index contributed by atoms with van der Waals surface area (Å²) in [4.78, 5) is 16.7. The van der Waals surface area contributed by atoms with Gasteiger partial charge in [-0.15, -0.1) is 0 Å². The van der Waals surface area contributed by atoms with Crippen molar-refractivity contribution in [2.24, 2.45) is 0 Å². The van der Waals surface area contributed by atoms with E-state index in [9.17, 15) is 4.79 Å². The average molecular weight is 136 g/mol. The molecular weight excluding hydrogens is 128 g/mol. The Hall–Kier alpha value is -1.38. The van der Waals surface area contributed by atoms with Crippen LogP contribution in [0.1, 0.15) is 11.3 Å². The Bertz CT molecular complexity index is 301. The van der Waals surface area contributed by atoms with Crippen molar-refractivity contribution in [1.82, 2.24) is 9.97 Å². The summed E-state index contributed by atoms with van der Waals surface area (Å²) < 4.78 is 0. The van der Waals surface area contributed by atoms with E-state index in [2.05, 4.69) is 16.5 Å². The second-order valence-corrected chi connectivity index (χ2v) is 1.99. The molecule has 3 heteroatoms. The standard InChI is InChI=1S/C7H8N2O/c1-3-6-5(2)4-8-7(10)9-6/h3-4H,1H2,2H3,(H,8,9,10). The minimum atomic E-state index is -0.333. The van der Waals surface area contributed by atoms with Crippen LogP contribution < -0.4 is 5.69 Å². The van der Waals surface area contributed by atoms with Crippen LogP contribution in [0.3, 0.4) is 0 Å². The van der Waals surface area contributed by atoms with Gasteiger partial charge in [0.25, 0.3) is 0 Å². The Kier molecular flexibility index (Phi) is 1.67. The molecule has 0 saturated carbocycles. The second-order valence-electron chi connectivity index (χ2n) is 1.99. The molecule has 0 aliphatic heterocycles. The molecule has 0 saturated heterocycles. The molecule has 0 aliphatic carbocycles. The maximum absolute atomic E-state index is 10.6. The number of aromatic nitrogens is 2. The summed E-state index contributed by atoms with van der Waals surface area (Å²) in [5.74, 6) is 0. The van der Waals surface area contributed by atoms with Crippen LogP contribution in [0.25, 0.3) is 6.08 Å². The van der Waals surface area contributed by atoms with E-state index in [-0.39, 0.29) is 5.69 Å². The molecule has 1 rings (SSSR count). The van der Waals surface area contributed by atoms with Gasteiger partial charge in [0.1, 0.15) is 0 Å². The quantitative estimate of drug-likeness (QED) is 0.618. The van der Waals surface area contributed by atoms with E-state index < -0.39 is 0 Å². The fraction of sp³-hybridized carbons (Fsp3) is 0.143. The molecule has 0 aromatic carbocycles. The number of rotatable bonds is 1. The van der Waals surface area contributed by atoms with Crippen molar-refractivity contribution in [3.8, 4) is 0 Å². The van der Waals surface area contributed by atoms with Crippen LogP contribution in [0.2, 0.25) is 0 Å². The smallest absolute Gasteiger partial charge is 0.306 e. The molecule has 1 N–H and O–H groups in total. The first-order valence-electron chi connectivity index (χ1n) is 2.92. The van der Waals surface area contributed by atoms with Gasteiger partial charge in [0.05, 0.1) is 0 Å². The Labute approximate surface area is 58.4 Å². The van der Waals surface area contributed by atoms with Gasteiger partial charge in [0.2, 0.25) is 0 Å². The Morgan fingerprint density at radius 1 is 1.80 bits per heavy atom. The zero-order valence-electron chi connectivity index (χ0n) is 5.72. The van der Waals surface area contributed by atoms with Crippen LogP contribution in [0, 0.1) is 6.92 Å². The van der Waals surface area contributed by atoms with Crippen molar-refractivity contribution in [3.05, 3.63) is 34.5 Å². The first-order chi connectivity index (χ1) is 4.74. The summed E-state index contributed by atoms with van der Waals surface area (Å²) in [7, 11) is 0. The summed E-state index contributed by atoms with van der Waals surface area (Å²) in [5.41, 5.74) is 1.33. The minimum Gasteiger partial charge on any atom is -0.306 e. The van der Waals surface area contributed by atoms with Crippen molar-refractivity contribution in [3.63, 3.8) is 0 Å². The van der Waals surface area contributed by atoms with E-state index in [0.29, 0.717) is 0 Å². The lowest BCUT2D eigenvalue weighted by Gasteiger charge is -1.94. The molecule has 3 nitrogen and oxygen atoms in total. The van der Waals surface area contributed by atoms with E-state index in [0.717, 1.165) is 11.3 Å². The van der Waals surface area contributed by atoms with E-state index >= 15 is 0 Å². The molecule has 0 aliphatic rings. The van der Waals surface area contributed by atoms with Crippen molar-refractivity contribution in [2.75, 3.05) is 0 Å². The molecule has 0 radical (unpaired) electrons. The summed E-state index contributed by atoms with van der Waals surface area (Å²) in [6.07, 6.45) is 3.12. The van der Waals surface area contributed by atoms with E-state index in [1.165, 1.54) is 6.20 Å². The Balaban J connectivity index is 3.35. The first-order valence-corrected chi connectivity index (χ1v) is 2.92. The zero-order valence-corrected chi connectivity index (χ0v) is 5.72. The third-order valence-corrected chi connectivity index (χ3v) is 1.25. The van der Waals surface area contributed by atoms with Crippen molar-refractivity contribution in [2.45, 2.75) is 6.92 Å². The molecule has 1 aromatic heterocycles. The lowest BCUT2D eigenvalue weighted by molar-refractivity contribution is 1.04. The largest absolute Gasteiger partial charge is 0.345 e. The van der Waals surface area contributed by atoms with Gasteiger partial charge < -0.3 is 4.98 Å². The molecule has 1 heterocycles. The predicted octanol–water partition coefficient (Wildman–Crippen LogP) is 0.721. The van der Waals surface area contributed by atoms with Gasteiger partial charge in [-0.3, -0.25) is 0 Å². The average Bonchev–Trinajstić information content (AvgIpc) is 1.94. The third kappa shape index (κ3) is 1.13. The van der Waals surface area contributed by atoms with E-state index in [1.54, 1.807) is 6.08 Å². The molecular formula is C7H8N2O. The highest BCUT2D eigenvalue weighted by Gasteiger charge is 1.92. The van der Waals surface area contributed by atoms with Crippen LogP contribution in [0.5, 0.6) is 0 Å². The van der Waals surface area contributed by atoms with Gasteiger partial charge in [0, 0.05) is 11.9 Å². The van der Waals surface area contributed by atoms with Crippen molar-refractivity contribution in [1.29, 1.82) is 0 Å². The van der Waals surface area contributed by atoms with Crippen LogP contribution >= 0.6 is 0 Å². The summed E-state index contributed by atoms with van der Waals surface area (Å²) in [6, 6.07) is 0. The van der Waals surface area contributed by atoms with Gasteiger partial charge in [-0.2, -0.15) is 0 Å². The number of aryl methyl sites for hydroxylation is 1.